The van der Waals surface area contributed by atoms with Gasteiger partial charge in [0, 0.05) is 5.57 Å². The quantitative estimate of drug-likeness (QED) is 0.594. The fraction of sp³-hybridized carbons (Fsp3) is 0.333. The topological polar surface area (TPSA) is 34.1 Å². The minimum atomic E-state index is -0.172. The molecule has 0 saturated carbocycles. The standard InChI is InChI=1S/C9H10O2/c1-6(10)8-3-4-9(5-8)7(2)11/h3-5,8H,1-2H3. The summed E-state index contributed by atoms with van der Waals surface area (Å²) in [6.45, 7) is 3.02. The van der Waals surface area contributed by atoms with Gasteiger partial charge in [-0.1, -0.05) is 18.2 Å². The molecule has 0 bridgehead atoms. The number of rotatable bonds is 2. The number of carbonyl (C=O) groups excluding carboxylic acids is 2. The molecule has 11 heavy (non-hydrogen) atoms. The Labute approximate surface area is 65.6 Å². The third kappa shape index (κ3) is 1.64. The number of hydrogen-bond acceptors (Lipinski definition) is 2. The normalized spacial score (nSPS) is 21.6. The fourth-order valence-corrected chi connectivity index (χ4v) is 0.999. The summed E-state index contributed by atoms with van der Waals surface area (Å²) < 4.78 is 0. The van der Waals surface area contributed by atoms with Crippen LogP contribution in [0.2, 0.25) is 0 Å². The van der Waals surface area contributed by atoms with E-state index in [4.69, 9.17) is 0 Å². The molecule has 0 aliphatic heterocycles. The highest BCUT2D eigenvalue weighted by atomic mass is 16.1. The molecule has 0 aromatic heterocycles. The van der Waals surface area contributed by atoms with Gasteiger partial charge in [-0.2, -0.15) is 0 Å². The van der Waals surface area contributed by atoms with Crippen LogP contribution in [0.25, 0.3) is 0 Å². The highest BCUT2D eigenvalue weighted by Gasteiger charge is 2.15. The van der Waals surface area contributed by atoms with Crippen LogP contribution in [0.15, 0.2) is 23.8 Å². The van der Waals surface area contributed by atoms with Crippen molar-refractivity contribution in [3.63, 3.8) is 0 Å². The van der Waals surface area contributed by atoms with E-state index in [-0.39, 0.29) is 17.5 Å². The zero-order valence-corrected chi connectivity index (χ0v) is 6.63. The van der Waals surface area contributed by atoms with Gasteiger partial charge in [-0.05, 0) is 13.8 Å². The number of carbonyl (C=O) groups is 2. The minimum Gasteiger partial charge on any atom is -0.299 e. The molecule has 1 aliphatic rings. The van der Waals surface area contributed by atoms with Crippen LogP contribution in [0.5, 0.6) is 0 Å². The van der Waals surface area contributed by atoms with E-state index in [1.165, 1.54) is 13.8 Å². The lowest BCUT2D eigenvalue weighted by atomic mass is 10.1. The van der Waals surface area contributed by atoms with Crippen molar-refractivity contribution < 1.29 is 9.59 Å². The minimum absolute atomic E-state index is 0.0185. The molecule has 1 atom stereocenters. The summed E-state index contributed by atoms with van der Waals surface area (Å²) in [7, 11) is 0. The number of Topliss-reactive ketones (excluding diaryl/α,β-unsaturated/α-hetero) is 2. The average molecular weight is 150 g/mol. The van der Waals surface area contributed by atoms with Crippen molar-refractivity contribution in [2.75, 3.05) is 0 Å². The summed E-state index contributed by atoms with van der Waals surface area (Å²) >= 11 is 0. The summed E-state index contributed by atoms with van der Waals surface area (Å²) in [4.78, 5) is 21.6. The van der Waals surface area contributed by atoms with E-state index in [0.29, 0.717) is 5.57 Å². The summed E-state index contributed by atoms with van der Waals surface area (Å²) in [5.74, 6) is -0.0728. The van der Waals surface area contributed by atoms with Crippen LogP contribution < -0.4 is 0 Å². The molecule has 0 amide bonds. The third-order valence-corrected chi connectivity index (χ3v) is 1.72. The summed E-state index contributed by atoms with van der Waals surface area (Å²) in [6, 6.07) is 0. The van der Waals surface area contributed by atoms with E-state index in [2.05, 4.69) is 0 Å². The first-order valence-corrected chi connectivity index (χ1v) is 3.52. The Hall–Kier alpha value is -1.18. The van der Waals surface area contributed by atoms with Gasteiger partial charge in [0.2, 0.25) is 0 Å². The Morgan fingerprint density at radius 1 is 1.36 bits per heavy atom. The molecule has 0 spiro atoms. The van der Waals surface area contributed by atoms with Gasteiger partial charge in [0.15, 0.2) is 5.78 Å². The first-order valence-electron chi connectivity index (χ1n) is 3.52. The van der Waals surface area contributed by atoms with Crippen molar-refractivity contribution in [3.05, 3.63) is 23.8 Å². The molecule has 0 saturated heterocycles. The molecule has 0 fully saturated rings. The van der Waals surface area contributed by atoms with Crippen molar-refractivity contribution in [1.82, 2.24) is 0 Å². The highest BCUT2D eigenvalue weighted by Crippen LogP contribution is 2.16. The van der Waals surface area contributed by atoms with E-state index in [1.54, 1.807) is 18.2 Å². The van der Waals surface area contributed by atoms with Crippen molar-refractivity contribution in [2.24, 2.45) is 5.92 Å². The zero-order valence-electron chi connectivity index (χ0n) is 6.63. The van der Waals surface area contributed by atoms with Crippen molar-refractivity contribution in [3.8, 4) is 0 Å². The van der Waals surface area contributed by atoms with Gasteiger partial charge >= 0.3 is 0 Å². The van der Waals surface area contributed by atoms with Crippen LogP contribution in [-0.2, 0) is 9.59 Å². The maximum absolute atomic E-state index is 10.8. The molecule has 1 unspecified atom stereocenters. The van der Waals surface area contributed by atoms with Gasteiger partial charge in [-0.25, -0.2) is 0 Å². The van der Waals surface area contributed by atoms with Crippen molar-refractivity contribution in [2.45, 2.75) is 13.8 Å². The predicted octanol–water partition coefficient (Wildman–Crippen LogP) is 1.28. The highest BCUT2D eigenvalue weighted by molar-refractivity contribution is 5.98. The molecule has 1 rings (SSSR count). The molecule has 0 aromatic rings. The van der Waals surface area contributed by atoms with Crippen LogP contribution in [0, 0.1) is 5.92 Å². The third-order valence-electron chi connectivity index (χ3n) is 1.72. The largest absolute Gasteiger partial charge is 0.299 e. The van der Waals surface area contributed by atoms with Gasteiger partial charge in [0.25, 0.3) is 0 Å². The Morgan fingerprint density at radius 2 is 2.00 bits per heavy atom. The second-order valence-corrected chi connectivity index (χ2v) is 2.67. The average Bonchev–Trinajstić information content (AvgIpc) is 2.33. The van der Waals surface area contributed by atoms with Gasteiger partial charge < -0.3 is 0 Å². The van der Waals surface area contributed by atoms with Crippen LogP contribution >= 0.6 is 0 Å². The molecular formula is C9H10O2. The summed E-state index contributed by atoms with van der Waals surface area (Å²) in [6.07, 6.45) is 5.15. The van der Waals surface area contributed by atoms with E-state index < -0.39 is 0 Å². The Morgan fingerprint density at radius 3 is 2.27 bits per heavy atom. The van der Waals surface area contributed by atoms with Crippen LogP contribution in [0.3, 0.4) is 0 Å². The van der Waals surface area contributed by atoms with Crippen LogP contribution in [0.1, 0.15) is 13.8 Å². The van der Waals surface area contributed by atoms with Gasteiger partial charge in [0.05, 0.1) is 5.92 Å². The van der Waals surface area contributed by atoms with Crippen molar-refractivity contribution >= 4 is 11.6 Å². The SMILES string of the molecule is CC(=O)C1=CC(C(C)=O)C=C1. The number of allylic oxidation sites excluding steroid dienone is 4. The maximum atomic E-state index is 10.8. The van der Waals surface area contributed by atoms with E-state index in [1.807, 2.05) is 0 Å². The molecule has 2 heteroatoms. The molecule has 2 nitrogen and oxygen atoms in total. The lowest BCUT2D eigenvalue weighted by Crippen LogP contribution is -2.02. The van der Waals surface area contributed by atoms with Gasteiger partial charge in [-0.3, -0.25) is 9.59 Å². The smallest absolute Gasteiger partial charge is 0.159 e. The zero-order chi connectivity index (χ0) is 8.43. The molecule has 0 radical (unpaired) electrons. The Kier molecular flexibility index (Phi) is 2.03. The lowest BCUT2D eigenvalue weighted by Gasteiger charge is -1.95. The second kappa shape index (κ2) is 2.82. The van der Waals surface area contributed by atoms with E-state index in [0.717, 1.165) is 0 Å². The number of ketones is 2. The monoisotopic (exact) mass is 150 g/mol. The fourth-order valence-electron chi connectivity index (χ4n) is 0.999. The summed E-state index contributed by atoms with van der Waals surface area (Å²) in [5, 5.41) is 0. The molecule has 1 aliphatic carbocycles. The lowest BCUT2D eigenvalue weighted by molar-refractivity contribution is -0.118. The van der Waals surface area contributed by atoms with E-state index in [9.17, 15) is 9.59 Å². The van der Waals surface area contributed by atoms with Gasteiger partial charge in [0.1, 0.15) is 5.78 Å². The predicted molar refractivity (Wildman–Crippen MR) is 42.1 cm³/mol. The Bertz CT molecular complexity index is 259. The first kappa shape index (κ1) is 7.92. The maximum Gasteiger partial charge on any atom is 0.159 e. The summed E-state index contributed by atoms with van der Waals surface area (Å²) in [5.41, 5.74) is 0.644. The number of hydrogen-bond donors (Lipinski definition) is 0. The van der Waals surface area contributed by atoms with E-state index >= 15 is 0 Å². The molecule has 0 N–H and O–H groups in total. The molecule has 58 valence electrons. The molecular weight excluding hydrogens is 140 g/mol. The second-order valence-electron chi connectivity index (χ2n) is 2.67. The molecule has 0 heterocycles. The van der Waals surface area contributed by atoms with Crippen molar-refractivity contribution in [1.29, 1.82) is 0 Å². The first-order chi connectivity index (χ1) is 5.11. The molecule has 0 aromatic carbocycles. The van der Waals surface area contributed by atoms with Crippen LogP contribution in [-0.4, -0.2) is 11.6 Å². The van der Waals surface area contributed by atoms with Crippen LogP contribution in [0.4, 0.5) is 0 Å². The Balaban J connectivity index is 2.79. The van der Waals surface area contributed by atoms with Gasteiger partial charge in [-0.15, -0.1) is 0 Å².